The molecule has 2 aromatic carbocycles. The van der Waals surface area contributed by atoms with Crippen LogP contribution in [0.15, 0.2) is 53.4 Å². The number of nitrogens with zero attached hydrogens (tertiary/aromatic N) is 1. The number of amides is 1. The van der Waals surface area contributed by atoms with Crippen LogP contribution >= 0.6 is 0 Å². The minimum absolute atomic E-state index is 0.0180. The van der Waals surface area contributed by atoms with Gasteiger partial charge >= 0.3 is 0 Å². The van der Waals surface area contributed by atoms with Gasteiger partial charge in [0.1, 0.15) is 5.82 Å². The predicted molar refractivity (Wildman–Crippen MR) is 95.4 cm³/mol. The Hall–Kier alpha value is -2.25. The summed E-state index contributed by atoms with van der Waals surface area (Å²) in [5.41, 5.74) is 1.87. The van der Waals surface area contributed by atoms with E-state index in [2.05, 4.69) is 4.72 Å². The number of hydrogen-bond donors (Lipinski definition) is 1. The Morgan fingerprint density at radius 3 is 2.20 bits per heavy atom. The first-order valence-electron chi connectivity index (χ1n) is 7.96. The van der Waals surface area contributed by atoms with Crippen LogP contribution in [0.3, 0.4) is 0 Å². The second-order valence-electron chi connectivity index (χ2n) is 5.54. The predicted octanol–water partition coefficient (Wildman–Crippen LogP) is 2.72. The number of halogens is 1. The molecule has 134 valence electrons. The van der Waals surface area contributed by atoms with E-state index in [1.165, 1.54) is 24.0 Å². The molecule has 0 bridgehead atoms. The summed E-state index contributed by atoms with van der Waals surface area (Å²) >= 11 is 0. The Morgan fingerprint density at radius 1 is 1.08 bits per heavy atom. The molecular formula is C18H21FN2O3S. The maximum Gasteiger partial charge on any atom is 0.240 e. The van der Waals surface area contributed by atoms with Crippen LogP contribution < -0.4 is 9.62 Å². The number of carbonyl (C=O) groups is 1. The third-order valence-electron chi connectivity index (χ3n) is 3.79. The summed E-state index contributed by atoms with van der Waals surface area (Å²) in [4.78, 5) is 13.4. The van der Waals surface area contributed by atoms with Gasteiger partial charge in [0.25, 0.3) is 0 Å². The van der Waals surface area contributed by atoms with Crippen molar-refractivity contribution in [3.63, 3.8) is 0 Å². The summed E-state index contributed by atoms with van der Waals surface area (Å²) < 4.78 is 39.7. The molecule has 5 nitrogen and oxygen atoms in total. The zero-order valence-corrected chi connectivity index (χ0v) is 15.0. The van der Waals surface area contributed by atoms with Crippen LogP contribution in [0.5, 0.6) is 0 Å². The highest BCUT2D eigenvalue weighted by molar-refractivity contribution is 7.89. The van der Waals surface area contributed by atoms with Gasteiger partial charge < -0.3 is 4.90 Å². The van der Waals surface area contributed by atoms with E-state index in [-0.39, 0.29) is 23.9 Å². The zero-order valence-electron chi connectivity index (χ0n) is 14.2. The molecule has 0 heterocycles. The molecule has 0 saturated carbocycles. The minimum Gasteiger partial charge on any atom is -0.311 e. The number of aryl methyl sites for hydroxylation is 1. The highest BCUT2D eigenvalue weighted by Gasteiger charge is 2.16. The van der Waals surface area contributed by atoms with E-state index in [1.54, 1.807) is 0 Å². The Labute approximate surface area is 147 Å². The molecule has 0 aliphatic heterocycles. The van der Waals surface area contributed by atoms with Crippen LogP contribution in [0.25, 0.3) is 0 Å². The SMILES string of the molecule is CCc1ccc(N(CCNS(=O)(=O)c2ccc(F)cc2)C(C)=O)cc1. The fourth-order valence-electron chi connectivity index (χ4n) is 2.37. The number of rotatable bonds is 7. The maximum atomic E-state index is 12.9. The summed E-state index contributed by atoms with van der Waals surface area (Å²) in [5.74, 6) is -0.678. The fourth-order valence-corrected chi connectivity index (χ4v) is 3.39. The molecule has 1 N–H and O–H groups in total. The van der Waals surface area contributed by atoms with Crippen molar-refractivity contribution in [1.29, 1.82) is 0 Å². The van der Waals surface area contributed by atoms with Crippen molar-refractivity contribution in [3.8, 4) is 0 Å². The van der Waals surface area contributed by atoms with Gasteiger partial charge in [0.2, 0.25) is 15.9 Å². The molecule has 0 saturated heterocycles. The highest BCUT2D eigenvalue weighted by atomic mass is 32.2. The van der Waals surface area contributed by atoms with E-state index in [1.807, 2.05) is 31.2 Å². The third kappa shape index (κ3) is 5.11. The van der Waals surface area contributed by atoms with Gasteiger partial charge in [0.15, 0.2) is 0 Å². The van der Waals surface area contributed by atoms with Gasteiger partial charge in [-0.1, -0.05) is 19.1 Å². The van der Waals surface area contributed by atoms with Gasteiger partial charge in [-0.05, 0) is 48.4 Å². The average Bonchev–Trinajstić information content (AvgIpc) is 2.59. The van der Waals surface area contributed by atoms with Crippen molar-refractivity contribution in [2.75, 3.05) is 18.0 Å². The molecular weight excluding hydrogens is 343 g/mol. The zero-order chi connectivity index (χ0) is 18.4. The van der Waals surface area contributed by atoms with Crippen LogP contribution in [-0.4, -0.2) is 27.4 Å². The summed E-state index contributed by atoms with van der Waals surface area (Å²) in [7, 11) is -3.75. The third-order valence-corrected chi connectivity index (χ3v) is 5.26. The van der Waals surface area contributed by atoms with Gasteiger partial charge in [0, 0.05) is 25.7 Å². The van der Waals surface area contributed by atoms with Crippen LogP contribution in [0.4, 0.5) is 10.1 Å². The lowest BCUT2D eigenvalue weighted by Crippen LogP contribution is -2.37. The van der Waals surface area contributed by atoms with E-state index >= 15 is 0 Å². The molecule has 0 atom stereocenters. The molecule has 7 heteroatoms. The van der Waals surface area contributed by atoms with Gasteiger partial charge in [-0.15, -0.1) is 0 Å². The molecule has 0 aromatic heterocycles. The molecule has 2 rings (SSSR count). The molecule has 1 amide bonds. The molecule has 0 aliphatic carbocycles. The average molecular weight is 364 g/mol. The number of nitrogens with one attached hydrogen (secondary N) is 1. The molecule has 2 aromatic rings. The molecule has 0 fully saturated rings. The maximum absolute atomic E-state index is 12.9. The van der Waals surface area contributed by atoms with Crippen LogP contribution in [-0.2, 0) is 21.2 Å². The van der Waals surface area contributed by atoms with Crippen molar-refractivity contribution in [2.24, 2.45) is 0 Å². The Balaban J connectivity index is 2.03. The van der Waals surface area contributed by atoms with Gasteiger partial charge in [-0.25, -0.2) is 17.5 Å². The van der Waals surface area contributed by atoms with Gasteiger partial charge in [-0.2, -0.15) is 0 Å². The summed E-state index contributed by atoms with van der Waals surface area (Å²) in [6.07, 6.45) is 0.901. The lowest BCUT2D eigenvalue weighted by Gasteiger charge is -2.21. The smallest absolute Gasteiger partial charge is 0.240 e. The second kappa shape index (κ2) is 8.22. The summed E-state index contributed by atoms with van der Waals surface area (Å²) in [5, 5.41) is 0. The van der Waals surface area contributed by atoms with E-state index in [0.29, 0.717) is 5.69 Å². The van der Waals surface area contributed by atoms with Crippen LogP contribution in [0, 0.1) is 5.82 Å². The minimum atomic E-state index is -3.75. The highest BCUT2D eigenvalue weighted by Crippen LogP contribution is 2.16. The van der Waals surface area contributed by atoms with Crippen molar-refractivity contribution < 1.29 is 17.6 Å². The first-order chi connectivity index (χ1) is 11.8. The largest absolute Gasteiger partial charge is 0.311 e. The van der Waals surface area contributed by atoms with E-state index in [0.717, 1.165) is 24.1 Å². The fraction of sp³-hybridized carbons (Fsp3) is 0.278. The van der Waals surface area contributed by atoms with Crippen LogP contribution in [0.1, 0.15) is 19.4 Å². The van der Waals surface area contributed by atoms with Crippen molar-refractivity contribution in [1.82, 2.24) is 4.72 Å². The van der Waals surface area contributed by atoms with Gasteiger partial charge in [0.05, 0.1) is 4.90 Å². The quantitative estimate of drug-likeness (QED) is 0.821. The topological polar surface area (TPSA) is 66.5 Å². The monoisotopic (exact) mass is 364 g/mol. The molecule has 0 unspecified atom stereocenters. The number of carbonyl (C=O) groups excluding carboxylic acids is 1. The number of hydrogen-bond acceptors (Lipinski definition) is 3. The van der Waals surface area contributed by atoms with Crippen LogP contribution in [0.2, 0.25) is 0 Å². The number of sulfonamides is 1. The van der Waals surface area contributed by atoms with Crippen molar-refractivity contribution in [3.05, 3.63) is 59.9 Å². The first kappa shape index (κ1) is 19.1. The second-order valence-corrected chi connectivity index (χ2v) is 7.31. The number of anilines is 1. The molecule has 0 radical (unpaired) electrons. The summed E-state index contributed by atoms with van der Waals surface area (Å²) in [6, 6.07) is 12.1. The molecule has 0 spiro atoms. The van der Waals surface area contributed by atoms with Gasteiger partial charge in [-0.3, -0.25) is 4.79 Å². The van der Waals surface area contributed by atoms with E-state index < -0.39 is 15.8 Å². The molecule has 25 heavy (non-hydrogen) atoms. The lowest BCUT2D eigenvalue weighted by molar-refractivity contribution is -0.116. The first-order valence-corrected chi connectivity index (χ1v) is 9.44. The van der Waals surface area contributed by atoms with Crippen molar-refractivity contribution >= 4 is 21.6 Å². The lowest BCUT2D eigenvalue weighted by atomic mass is 10.1. The standard InChI is InChI=1S/C18H21FN2O3S/c1-3-15-4-8-17(9-5-15)21(14(2)22)13-12-20-25(23,24)18-10-6-16(19)7-11-18/h4-11,20H,3,12-13H2,1-2H3. The Morgan fingerprint density at radius 2 is 1.68 bits per heavy atom. The van der Waals surface area contributed by atoms with E-state index in [9.17, 15) is 17.6 Å². The Kier molecular flexibility index (Phi) is 6.27. The van der Waals surface area contributed by atoms with Crippen molar-refractivity contribution in [2.45, 2.75) is 25.2 Å². The Bertz CT molecular complexity index is 818. The normalized spacial score (nSPS) is 11.3. The molecule has 0 aliphatic rings. The number of benzene rings is 2. The summed E-state index contributed by atoms with van der Waals surface area (Å²) in [6.45, 7) is 3.72. The van der Waals surface area contributed by atoms with E-state index in [4.69, 9.17) is 0 Å².